The molecule has 2 aromatic rings. The topological polar surface area (TPSA) is 80.4 Å². The molecular formula is C17H20N2O4. The lowest BCUT2D eigenvalue weighted by Gasteiger charge is -2.08. The van der Waals surface area contributed by atoms with Gasteiger partial charge in [-0.3, -0.25) is 9.59 Å². The number of benzene rings is 1. The number of aromatic nitrogens is 1. The van der Waals surface area contributed by atoms with Crippen molar-refractivity contribution in [2.45, 2.75) is 13.5 Å². The number of aromatic amines is 1. The summed E-state index contributed by atoms with van der Waals surface area (Å²) in [5.74, 6) is 0.386. The number of methoxy groups -OCH3 is 1. The molecule has 0 saturated carbocycles. The van der Waals surface area contributed by atoms with Crippen molar-refractivity contribution in [1.29, 1.82) is 0 Å². The Hall–Kier alpha value is -2.60. The van der Waals surface area contributed by atoms with Crippen molar-refractivity contribution >= 4 is 11.7 Å². The molecule has 1 amide bonds. The second-order valence-electron chi connectivity index (χ2n) is 5.03. The minimum atomic E-state index is -0.261. The number of carbonyl (C=O) groups excluding carboxylic acids is 2. The first-order valence-electron chi connectivity index (χ1n) is 7.28. The van der Waals surface area contributed by atoms with E-state index in [0.717, 1.165) is 11.3 Å². The number of ether oxygens (including phenoxy) is 2. The number of hydrogen-bond donors (Lipinski definition) is 2. The Balaban J connectivity index is 1.90. The molecule has 0 aliphatic heterocycles. The van der Waals surface area contributed by atoms with Crippen LogP contribution in [0.1, 0.15) is 33.3 Å². The molecule has 122 valence electrons. The molecule has 2 N–H and O–H groups in total. The number of rotatable bonds is 8. The fourth-order valence-corrected chi connectivity index (χ4v) is 1.99. The Labute approximate surface area is 134 Å². The summed E-state index contributed by atoms with van der Waals surface area (Å²) in [6.07, 6.45) is 1.53. The van der Waals surface area contributed by atoms with Gasteiger partial charge in [0.2, 0.25) is 0 Å². The third kappa shape index (κ3) is 4.96. The molecule has 1 heterocycles. The second-order valence-corrected chi connectivity index (χ2v) is 5.03. The standard InChI is InChI=1S/C17H20N2O4/c1-12(20)14-9-16(18-11-14)17(21)19-10-13-4-3-5-15(8-13)23-7-6-22-2/h3-5,8-9,11,18H,6-7,10H2,1-2H3,(H,19,21). The molecule has 0 aliphatic carbocycles. The van der Waals surface area contributed by atoms with E-state index in [1.54, 1.807) is 13.2 Å². The first-order valence-corrected chi connectivity index (χ1v) is 7.28. The van der Waals surface area contributed by atoms with Gasteiger partial charge in [-0.1, -0.05) is 12.1 Å². The van der Waals surface area contributed by atoms with E-state index in [4.69, 9.17) is 9.47 Å². The summed E-state index contributed by atoms with van der Waals surface area (Å²) in [6, 6.07) is 9.03. The zero-order valence-electron chi connectivity index (χ0n) is 13.2. The number of ketones is 1. The third-order valence-electron chi connectivity index (χ3n) is 3.24. The van der Waals surface area contributed by atoms with Gasteiger partial charge in [0.15, 0.2) is 5.78 Å². The van der Waals surface area contributed by atoms with Crippen LogP contribution in [0.3, 0.4) is 0 Å². The Bertz CT molecular complexity index is 679. The summed E-state index contributed by atoms with van der Waals surface area (Å²) in [4.78, 5) is 26.1. The van der Waals surface area contributed by atoms with Gasteiger partial charge in [0.25, 0.3) is 5.91 Å². The first-order chi connectivity index (χ1) is 11.1. The van der Waals surface area contributed by atoms with Gasteiger partial charge in [-0.25, -0.2) is 0 Å². The Morgan fingerprint density at radius 1 is 1.22 bits per heavy atom. The summed E-state index contributed by atoms with van der Waals surface area (Å²) in [7, 11) is 1.62. The quantitative estimate of drug-likeness (QED) is 0.578. The molecular weight excluding hydrogens is 296 g/mol. The molecule has 6 nitrogen and oxygen atoms in total. The third-order valence-corrected chi connectivity index (χ3v) is 3.24. The maximum Gasteiger partial charge on any atom is 0.267 e. The molecule has 1 aromatic heterocycles. The maximum atomic E-state index is 12.0. The van der Waals surface area contributed by atoms with Crippen LogP contribution < -0.4 is 10.1 Å². The van der Waals surface area contributed by atoms with Crippen LogP contribution in [0.25, 0.3) is 0 Å². The van der Waals surface area contributed by atoms with Gasteiger partial charge in [0.1, 0.15) is 18.1 Å². The number of amides is 1. The molecule has 2 rings (SSSR count). The van der Waals surface area contributed by atoms with Crippen LogP contribution in [0.5, 0.6) is 5.75 Å². The Morgan fingerprint density at radius 3 is 2.74 bits per heavy atom. The largest absolute Gasteiger partial charge is 0.491 e. The smallest absolute Gasteiger partial charge is 0.267 e. The van der Waals surface area contributed by atoms with Gasteiger partial charge in [0.05, 0.1) is 6.61 Å². The van der Waals surface area contributed by atoms with Crippen molar-refractivity contribution in [3.63, 3.8) is 0 Å². The van der Waals surface area contributed by atoms with Crippen molar-refractivity contribution in [3.8, 4) is 5.75 Å². The molecule has 0 saturated heterocycles. The SMILES string of the molecule is COCCOc1cccc(CNC(=O)c2cc(C(C)=O)c[nH]2)c1. The van der Waals surface area contributed by atoms with Crippen LogP contribution in [-0.4, -0.2) is 37.0 Å². The molecule has 1 aromatic carbocycles. The minimum absolute atomic E-state index is 0.0822. The van der Waals surface area contributed by atoms with Crippen molar-refractivity contribution in [2.75, 3.05) is 20.3 Å². The van der Waals surface area contributed by atoms with Gasteiger partial charge in [0, 0.05) is 25.4 Å². The van der Waals surface area contributed by atoms with Crippen LogP contribution in [0.4, 0.5) is 0 Å². The molecule has 23 heavy (non-hydrogen) atoms. The summed E-state index contributed by atoms with van der Waals surface area (Å²) < 4.78 is 10.5. The van der Waals surface area contributed by atoms with E-state index in [0.29, 0.717) is 31.0 Å². The van der Waals surface area contributed by atoms with Crippen LogP contribution >= 0.6 is 0 Å². The molecule has 0 bridgehead atoms. The predicted octanol–water partition coefficient (Wildman–Crippen LogP) is 2.17. The Kier molecular flexibility index (Phi) is 5.94. The van der Waals surface area contributed by atoms with Crippen molar-refractivity contribution in [1.82, 2.24) is 10.3 Å². The van der Waals surface area contributed by atoms with E-state index < -0.39 is 0 Å². The zero-order valence-corrected chi connectivity index (χ0v) is 13.2. The maximum absolute atomic E-state index is 12.0. The summed E-state index contributed by atoms with van der Waals surface area (Å²) in [5.41, 5.74) is 1.78. The van der Waals surface area contributed by atoms with E-state index in [-0.39, 0.29) is 11.7 Å². The Morgan fingerprint density at radius 2 is 2.04 bits per heavy atom. The van der Waals surface area contributed by atoms with Crippen molar-refractivity contribution in [2.24, 2.45) is 0 Å². The molecule has 0 radical (unpaired) electrons. The second kappa shape index (κ2) is 8.14. The highest BCUT2D eigenvalue weighted by molar-refractivity contribution is 5.99. The number of Topliss-reactive ketones (excluding diaryl/α,β-unsaturated/α-hetero) is 1. The number of carbonyl (C=O) groups is 2. The lowest BCUT2D eigenvalue weighted by molar-refractivity contribution is 0.0946. The molecule has 6 heteroatoms. The van der Waals surface area contributed by atoms with E-state index in [2.05, 4.69) is 10.3 Å². The monoisotopic (exact) mass is 316 g/mol. The van der Waals surface area contributed by atoms with Crippen molar-refractivity contribution < 1.29 is 19.1 Å². The fraction of sp³-hybridized carbons (Fsp3) is 0.294. The number of hydrogen-bond acceptors (Lipinski definition) is 4. The molecule has 0 aliphatic rings. The van der Waals surface area contributed by atoms with Crippen LogP contribution in [0.15, 0.2) is 36.5 Å². The fourth-order valence-electron chi connectivity index (χ4n) is 1.99. The number of H-pyrrole nitrogens is 1. The highest BCUT2D eigenvalue weighted by atomic mass is 16.5. The van der Waals surface area contributed by atoms with Gasteiger partial charge >= 0.3 is 0 Å². The predicted molar refractivity (Wildman–Crippen MR) is 85.8 cm³/mol. The minimum Gasteiger partial charge on any atom is -0.491 e. The lowest BCUT2D eigenvalue weighted by atomic mass is 10.2. The molecule has 0 fully saturated rings. The normalized spacial score (nSPS) is 10.3. The van der Waals surface area contributed by atoms with Gasteiger partial charge in [-0.05, 0) is 30.7 Å². The summed E-state index contributed by atoms with van der Waals surface area (Å²) >= 11 is 0. The average molecular weight is 316 g/mol. The molecule has 0 spiro atoms. The van der Waals surface area contributed by atoms with Gasteiger partial charge < -0.3 is 19.8 Å². The van der Waals surface area contributed by atoms with E-state index in [1.165, 1.54) is 13.1 Å². The zero-order chi connectivity index (χ0) is 16.7. The van der Waals surface area contributed by atoms with Crippen LogP contribution in [0, 0.1) is 0 Å². The highest BCUT2D eigenvalue weighted by Gasteiger charge is 2.10. The summed E-state index contributed by atoms with van der Waals surface area (Å²) in [6.45, 7) is 2.82. The van der Waals surface area contributed by atoms with E-state index >= 15 is 0 Å². The van der Waals surface area contributed by atoms with Gasteiger partial charge in [-0.15, -0.1) is 0 Å². The highest BCUT2D eigenvalue weighted by Crippen LogP contribution is 2.13. The van der Waals surface area contributed by atoms with E-state index in [1.807, 2.05) is 24.3 Å². The summed E-state index contributed by atoms with van der Waals surface area (Å²) in [5, 5.41) is 2.80. The van der Waals surface area contributed by atoms with Crippen molar-refractivity contribution in [3.05, 3.63) is 53.3 Å². The van der Waals surface area contributed by atoms with Gasteiger partial charge in [-0.2, -0.15) is 0 Å². The molecule has 0 atom stereocenters. The first kappa shape index (κ1) is 16.8. The van der Waals surface area contributed by atoms with E-state index in [9.17, 15) is 9.59 Å². The lowest BCUT2D eigenvalue weighted by Crippen LogP contribution is -2.23. The molecule has 0 unspecified atom stereocenters. The van der Waals surface area contributed by atoms with Crippen LogP contribution in [-0.2, 0) is 11.3 Å². The van der Waals surface area contributed by atoms with Crippen LogP contribution in [0.2, 0.25) is 0 Å². The average Bonchev–Trinajstić information content (AvgIpc) is 3.04. The number of nitrogens with one attached hydrogen (secondary N) is 2.